The molecule has 0 saturated carbocycles. The monoisotopic (exact) mass is 583 g/mol. The molecule has 42 heavy (non-hydrogen) atoms. The summed E-state index contributed by atoms with van der Waals surface area (Å²) in [6, 6.07) is 28.4. The van der Waals surface area contributed by atoms with Gasteiger partial charge in [-0.3, -0.25) is 14.4 Å². The number of rotatable bonds is 11. The Morgan fingerprint density at radius 2 is 1.45 bits per heavy atom. The van der Waals surface area contributed by atoms with E-state index in [2.05, 4.69) is 16.0 Å². The van der Waals surface area contributed by atoms with E-state index < -0.39 is 17.1 Å². The molecule has 4 rings (SSSR count). The molecule has 3 N–H and O–H groups in total. The quantitative estimate of drug-likeness (QED) is 0.134. The molecule has 0 aliphatic carbocycles. The molecule has 0 heterocycles. The second kappa shape index (κ2) is 14.7. The van der Waals surface area contributed by atoms with Crippen LogP contribution < -0.4 is 20.7 Å². The second-order valence-corrected chi connectivity index (χ2v) is 10.5. The molecule has 3 amide bonds. The smallest absolute Gasteiger partial charge is 0.272 e. The Morgan fingerprint density at radius 1 is 0.833 bits per heavy atom. The molecule has 0 spiro atoms. The van der Waals surface area contributed by atoms with E-state index in [1.54, 1.807) is 91.9 Å². The molecule has 1 atom stereocenters. The third kappa shape index (κ3) is 8.81. The van der Waals surface area contributed by atoms with Gasteiger partial charge in [0.2, 0.25) is 5.91 Å². The van der Waals surface area contributed by atoms with Gasteiger partial charge in [0, 0.05) is 21.8 Å². The lowest BCUT2D eigenvalue weighted by molar-refractivity contribution is -0.115. The van der Waals surface area contributed by atoms with Crippen molar-refractivity contribution in [3.8, 4) is 5.75 Å². The van der Waals surface area contributed by atoms with E-state index in [-0.39, 0.29) is 17.4 Å². The summed E-state index contributed by atoms with van der Waals surface area (Å²) in [6.45, 7) is 4.20. The predicted octanol–water partition coefficient (Wildman–Crippen LogP) is 6.75. The first-order chi connectivity index (χ1) is 20.3. The van der Waals surface area contributed by atoms with Gasteiger partial charge in [0.05, 0.1) is 11.9 Å². The van der Waals surface area contributed by atoms with Crippen LogP contribution in [-0.4, -0.2) is 29.6 Å². The number of nitrogens with one attached hydrogen (secondary N) is 3. The molecule has 9 heteroatoms. The number of hydrogen-bond donors (Lipinski definition) is 3. The third-order valence-corrected chi connectivity index (χ3v) is 7.05. The van der Waals surface area contributed by atoms with E-state index in [0.29, 0.717) is 34.9 Å². The van der Waals surface area contributed by atoms with E-state index in [0.717, 1.165) is 4.90 Å². The number of ether oxygens (including phenoxy) is 1. The van der Waals surface area contributed by atoms with Crippen molar-refractivity contribution in [1.82, 2.24) is 5.32 Å². The Kier molecular flexibility index (Phi) is 10.5. The maximum Gasteiger partial charge on any atom is 0.272 e. The van der Waals surface area contributed by atoms with Gasteiger partial charge in [0.25, 0.3) is 11.8 Å². The maximum absolute atomic E-state index is 13.3. The van der Waals surface area contributed by atoms with Crippen molar-refractivity contribution < 1.29 is 23.5 Å². The fourth-order valence-corrected chi connectivity index (χ4v) is 4.65. The minimum atomic E-state index is -0.499. The Hall–Kier alpha value is -4.89. The first-order valence-corrected chi connectivity index (χ1v) is 14.1. The molecular weight excluding hydrogens is 553 g/mol. The van der Waals surface area contributed by atoms with Gasteiger partial charge in [-0.25, -0.2) is 4.39 Å². The zero-order valence-corrected chi connectivity index (χ0v) is 23.9. The zero-order valence-electron chi connectivity index (χ0n) is 23.1. The summed E-state index contributed by atoms with van der Waals surface area (Å²) in [4.78, 5) is 39.5. The van der Waals surface area contributed by atoms with Crippen molar-refractivity contribution in [3.05, 3.63) is 126 Å². The topological polar surface area (TPSA) is 96.5 Å². The molecule has 0 aliphatic heterocycles. The number of carbonyl (C=O) groups is 3. The summed E-state index contributed by atoms with van der Waals surface area (Å²) < 4.78 is 18.6. The number of amides is 3. The molecular formula is C33H30FN3O4S. The van der Waals surface area contributed by atoms with Gasteiger partial charge in [-0.15, -0.1) is 11.8 Å². The predicted molar refractivity (Wildman–Crippen MR) is 165 cm³/mol. The third-order valence-electron chi connectivity index (χ3n) is 5.94. The largest absolute Gasteiger partial charge is 0.494 e. The summed E-state index contributed by atoms with van der Waals surface area (Å²) >= 11 is 1.34. The van der Waals surface area contributed by atoms with Gasteiger partial charge in [-0.2, -0.15) is 0 Å². The van der Waals surface area contributed by atoms with Gasteiger partial charge >= 0.3 is 0 Å². The van der Waals surface area contributed by atoms with E-state index >= 15 is 0 Å². The number of thioether (sulfide) groups is 1. The van der Waals surface area contributed by atoms with Crippen LogP contribution in [0, 0.1) is 5.82 Å². The van der Waals surface area contributed by atoms with Gasteiger partial charge in [0.1, 0.15) is 17.3 Å². The molecule has 1 unspecified atom stereocenters. The minimum Gasteiger partial charge on any atom is -0.494 e. The van der Waals surface area contributed by atoms with E-state index in [1.807, 2.05) is 6.92 Å². The van der Waals surface area contributed by atoms with Crippen molar-refractivity contribution >= 4 is 46.9 Å². The average Bonchev–Trinajstić information content (AvgIpc) is 3.00. The molecule has 0 radical (unpaired) electrons. The number of carbonyl (C=O) groups excluding carboxylic acids is 3. The lowest BCUT2D eigenvalue weighted by atomic mass is 10.1. The van der Waals surface area contributed by atoms with Crippen molar-refractivity contribution in [2.24, 2.45) is 0 Å². The maximum atomic E-state index is 13.3. The summed E-state index contributed by atoms with van der Waals surface area (Å²) in [5.41, 5.74) is 2.22. The van der Waals surface area contributed by atoms with Crippen LogP contribution in [0.1, 0.15) is 29.8 Å². The molecule has 0 aromatic heterocycles. The fraction of sp³-hybridized carbons (Fsp3) is 0.121. The highest BCUT2D eigenvalue weighted by molar-refractivity contribution is 8.00. The first-order valence-electron chi connectivity index (χ1n) is 13.3. The molecule has 7 nitrogen and oxygen atoms in total. The van der Waals surface area contributed by atoms with Crippen LogP contribution in [0.15, 0.2) is 114 Å². The fourth-order valence-electron chi connectivity index (χ4n) is 3.79. The van der Waals surface area contributed by atoms with Crippen molar-refractivity contribution in [2.75, 3.05) is 17.2 Å². The lowest BCUT2D eigenvalue weighted by Crippen LogP contribution is -2.30. The van der Waals surface area contributed by atoms with Crippen molar-refractivity contribution in [3.63, 3.8) is 0 Å². The molecule has 0 saturated heterocycles. The average molecular weight is 584 g/mol. The molecule has 0 bridgehead atoms. The first kappa shape index (κ1) is 30.1. The molecule has 4 aromatic rings. The molecule has 4 aromatic carbocycles. The number of hydrogen-bond acceptors (Lipinski definition) is 5. The van der Waals surface area contributed by atoms with Gasteiger partial charge in [-0.1, -0.05) is 30.3 Å². The Bertz CT molecular complexity index is 1540. The zero-order chi connectivity index (χ0) is 29.9. The minimum absolute atomic E-state index is 0.0672. The van der Waals surface area contributed by atoms with Gasteiger partial charge < -0.3 is 20.7 Å². The van der Waals surface area contributed by atoms with Crippen LogP contribution in [0.25, 0.3) is 6.08 Å². The molecule has 0 fully saturated rings. The highest BCUT2D eigenvalue weighted by atomic mass is 32.2. The SMILES string of the molecule is CCOc1ccc(/C=C(\NC(=O)c2ccccc2)C(=O)Nc2ccc(SC(C)C(=O)Nc3ccc(F)cc3)cc2)cc1. The van der Waals surface area contributed by atoms with Gasteiger partial charge in [-0.05, 0) is 98.3 Å². The van der Waals surface area contributed by atoms with Crippen LogP contribution >= 0.6 is 11.8 Å². The normalized spacial score (nSPS) is 11.7. The van der Waals surface area contributed by atoms with E-state index in [4.69, 9.17) is 4.74 Å². The Morgan fingerprint density at radius 3 is 2.10 bits per heavy atom. The number of halogens is 1. The van der Waals surface area contributed by atoms with E-state index in [9.17, 15) is 18.8 Å². The Labute approximate surface area is 248 Å². The highest BCUT2D eigenvalue weighted by Crippen LogP contribution is 2.26. The van der Waals surface area contributed by atoms with Crippen LogP contribution in [0.5, 0.6) is 5.75 Å². The van der Waals surface area contributed by atoms with Gasteiger partial charge in [0.15, 0.2) is 0 Å². The molecule has 0 aliphatic rings. The summed E-state index contributed by atoms with van der Waals surface area (Å²) in [6.07, 6.45) is 1.59. The van der Waals surface area contributed by atoms with Crippen molar-refractivity contribution in [1.29, 1.82) is 0 Å². The summed E-state index contributed by atoms with van der Waals surface area (Å²) in [7, 11) is 0. The van der Waals surface area contributed by atoms with Crippen LogP contribution in [0.3, 0.4) is 0 Å². The standard InChI is InChI=1S/C33H30FN3O4S/c1-3-41-28-17-9-23(10-18-28)21-30(37-32(39)24-7-5-4-6-8-24)33(40)36-27-15-19-29(20-16-27)42-22(2)31(38)35-26-13-11-25(34)12-14-26/h4-22H,3H2,1-2H3,(H,35,38)(H,36,40)(H,37,39)/b30-21-. The summed E-state index contributed by atoms with van der Waals surface area (Å²) in [5, 5.41) is 7.89. The lowest BCUT2D eigenvalue weighted by Gasteiger charge is -2.14. The number of benzene rings is 4. The Balaban J connectivity index is 1.43. The van der Waals surface area contributed by atoms with Crippen LogP contribution in [-0.2, 0) is 9.59 Å². The van der Waals surface area contributed by atoms with E-state index in [1.165, 1.54) is 36.0 Å². The second-order valence-electron chi connectivity index (χ2n) is 9.11. The van der Waals surface area contributed by atoms with Crippen LogP contribution in [0.4, 0.5) is 15.8 Å². The van der Waals surface area contributed by atoms with Crippen molar-refractivity contribution in [2.45, 2.75) is 24.0 Å². The highest BCUT2D eigenvalue weighted by Gasteiger charge is 2.17. The molecule has 214 valence electrons. The summed E-state index contributed by atoms with van der Waals surface area (Å²) in [5.74, 6) is -0.806. The number of anilines is 2. The van der Waals surface area contributed by atoms with Crippen LogP contribution in [0.2, 0.25) is 0 Å².